The quantitative estimate of drug-likeness (QED) is 0.459. The standard InChI is InChI=1S/C27H31ClFN3O/c1-18-16-32(18)12-9-21-17-30(2)26-15-25(28)24(14-23(21)26)27(33)31-10-7-20(8-11-31)13-19-3-5-22(29)6-4-19/h3-6,14-15,17-18,20H,7-13,16H2,1-2H3. The van der Waals surface area contributed by atoms with Crippen molar-refractivity contribution in [2.24, 2.45) is 13.0 Å². The van der Waals surface area contributed by atoms with Crippen molar-refractivity contribution in [3.05, 3.63) is 70.1 Å². The summed E-state index contributed by atoms with van der Waals surface area (Å²) < 4.78 is 15.3. The number of likely N-dealkylation sites (tertiary alicyclic amines) is 1. The Morgan fingerprint density at radius 1 is 1.15 bits per heavy atom. The molecule has 3 heterocycles. The third kappa shape index (κ3) is 4.80. The topological polar surface area (TPSA) is 28.2 Å². The molecule has 0 spiro atoms. The maximum Gasteiger partial charge on any atom is 0.255 e. The number of aromatic nitrogens is 1. The van der Waals surface area contributed by atoms with Crippen LogP contribution in [0.1, 0.15) is 41.3 Å². The van der Waals surface area contributed by atoms with Crippen LogP contribution in [0.15, 0.2) is 42.6 Å². The van der Waals surface area contributed by atoms with Gasteiger partial charge >= 0.3 is 0 Å². The highest BCUT2D eigenvalue weighted by Crippen LogP contribution is 2.31. The number of carbonyl (C=O) groups excluding carboxylic acids is 1. The minimum Gasteiger partial charge on any atom is -0.350 e. The molecule has 4 nitrogen and oxygen atoms in total. The number of carbonyl (C=O) groups is 1. The van der Waals surface area contributed by atoms with Crippen molar-refractivity contribution in [2.45, 2.75) is 38.6 Å². The van der Waals surface area contributed by atoms with Crippen molar-refractivity contribution in [3.63, 3.8) is 0 Å². The van der Waals surface area contributed by atoms with Gasteiger partial charge in [-0.05, 0) is 73.9 Å². The summed E-state index contributed by atoms with van der Waals surface area (Å²) in [7, 11) is 2.04. The SMILES string of the molecule is CC1CN1CCc1cn(C)c2cc(Cl)c(C(=O)N3CCC(Cc4ccc(F)cc4)CC3)cc12. The van der Waals surface area contributed by atoms with Gasteiger partial charge in [0.2, 0.25) is 0 Å². The monoisotopic (exact) mass is 467 g/mol. The van der Waals surface area contributed by atoms with Gasteiger partial charge in [0.1, 0.15) is 5.82 Å². The highest BCUT2D eigenvalue weighted by molar-refractivity contribution is 6.34. The number of hydrogen-bond acceptors (Lipinski definition) is 2. The maximum absolute atomic E-state index is 13.4. The lowest BCUT2D eigenvalue weighted by molar-refractivity contribution is 0.0691. The van der Waals surface area contributed by atoms with Crippen LogP contribution in [0, 0.1) is 11.7 Å². The third-order valence-corrected chi connectivity index (χ3v) is 7.70. The molecule has 33 heavy (non-hydrogen) atoms. The van der Waals surface area contributed by atoms with Crippen LogP contribution in [0.5, 0.6) is 0 Å². The average Bonchev–Trinajstić information content (AvgIpc) is 3.44. The molecule has 2 saturated heterocycles. The van der Waals surface area contributed by atoms with Crippen molar-refractivity contribution in [1.82, 2.24) is 14.4 Å². The van der Waals surface area contributed by atoms with E-state index in [1.165, 1.54) is 24.2 Å². The molecule has 0 bridgehead atoms. The molecule has 5 rings (SSSR count). The molecule has 2 atom stereocenters. The maximum atomic E-state index is 13.4. The van der Waals surface area contributed by atoms with Gasteiger partial charge in [0, 0.05) is 56.4 Å². The molecule has 0 radical (unpaired) electrons. The van der Waals surface area contributed by atoms with Crippen molar-refractivity contribution in [2.75, 3.05) is 26.2 Å². The number of halogens is 2. The van der Waals surface area contributed by atoms with Gasteiger partial charge < -0.3 is 9.47 Å². The molecule has 0 N–H and O–H groups in total. The molecule has 3 aromatic rings. The predicted molar refractivity (Wildman–Crippen MR) is 131 cm³/mol. The lowest BCUT2D eigenvalue weighted by Crippen LogP contribution is -2.39. The van der Waals surface area contributed by atoms with Gasteiger partial charge in [-0.2, -0.15) is 0 Å². The van der Waals surface area contributed by atoms with Crippen LogP contribution >= 0.6 is 11.6 Å². The summed E-state index contributed by atoms with van der Waals surface area (Å²) >= 11 is 6.60. The second-order valence-corrected chi connectivity index (χ2v) is 10.2. The molecule has 2 fully saturated rings. The Bertz CT molecular complexity index is 1160. The third-order valence-electron chi connectivity index (χ3n) is 7.39. The molecule has 1 aromatic heterocycles. The van der Waals surface area contributed by atoms with Gasteiger partial charge in [-0.15, -0.1) is 0 Å². The summed E-state index contributed by atoms with van der Waals surface area (Å²) in [4.78, 5) is 17.8. The first-order valence-corrected chi connectivity index (χ1v) is 12.3. The molecule has 2 aliphatic rings. The molecule has 174 valence electrons. The number of fused-ring (bicyclic) bond motifs is 1. The van der Waals surface area contributed by atoms with Gasteiger partial charge in [-0.25, -0.2) is 4.39 Å². The molecule has 6 heteroatoms. The van der Waals surface area contributed by atoms with E-state index in [0.717, 1.165) is 61.8 Å². The number of amides is 1. The van der Waals surface area contributed by atoms with E-state index in [2.05, 4.69) is 22.6 Å². The largest absolute Gasteiger partial charge is 0.350 e. The fraction of sp³-hybridized carbons (Fsp3) is 0.444. The number of aryl methyl sites for hydroxylation is 1. The van der Waals surface area contributed by atoms with E-state index in [0.29, 0.717) is 22.5 Å². The summed E-state index contributed by atoms with van der Waals surface area (Å²) in [6.07, 6.45) is 5.98. The zero-order valence-electron chi connectivity index (χ0n) is 19.4. The molecule has 0 saturated carbocycles. The first-order valence-electron chi connectivity index (χ1n) is 11.9. The van der Waals surface area contributed by atoms with Crippen LogP contribution in [-0.4, -0.2) is 52.5 Å². The second-order valence-electron chi connectivity index (χ2n) is 9.77. The van der Waals surface area contributed by atoms with Crippen molar-refractivity contribution < 1.29 is 9.18 Å². The fourth-order valence-corrected chi connectivity index (χ4v) is 5.42. The van der Waals surface area contributed by atoms with E-state index in [9.17, 15) is 9.18 Å². The zero-order chi connectivity index (χ0) is 23.1. The van der Waals surface area contributed by atoms with Gasteiger partial charge in [-0.1, -0.05) is 23.7 Å². The first kappa shape index (κ1) is 22.4. The second kappa shape index (κ2) is 9.11. The molecular formula is C27H31ClFN3O. The number of piperidine rings is 1. The molecule has 0 aliphatic carbocycles. The Balaban J connectivity index is 1.27. The van der Waals surface area contributed by atoms with Gasteiger partial charge in [-0.3, -0.25) is 9.69 Å². The lowest BCUT2D eigenvalue weighted by Gasteiger charge is -2.32. The smallest absolute Gasteiger partial charge is 0.255 e. The molecule has 2 aromatic carbocycles. The minimum absolute atomic E-state index is 0.0245. The van der Waals surface area contributed by atoms with Crippen LogP contribution < -0.4 is 0 Å². The first-order chi connectivity index (χ1) is 15.9. The summed E-state index contributed by atoms with van der Waals surface area (Å²) in [6, 6.07) is 11.4. The molecular weight excluding hydrogens is 437 g/mol. The Kier molecular flexibility index (Phi) is 6.19. The van der Waals surface area contributed by atoms with Crippen LogP contribution in [0.25, 0.3) is 10.9 Å². The number of benzene rings is 2. The minimum atomic E-state index is -0.200. The molecule has 1 amide bonds. The van der Waals surface area contributed by atoms with E-state index in [1.54, 1.807) is 0 Å². The Labute approximate surface area is 199 Å². The highest BCUT2D eigenvalue weighted by atomic mass is 35.5. The van der Waals surface area contributed by atoms with Crippen LogP contribution in [0.2, 0.25) is 5.02 Å². The van der Waals surface area contributed by atoms with Crippen LogP contribution in [0.4, 0.5) is 4.39 Å². The van der Waals surface area contributed by atoms with Gasteiger partial charge in [0.05, 0.1) is 10.6 Å². The summed E-state index contributed by atoms with van der Waals surface area (Å²) in [6.45, 7) is 5.94. The summed E-state index contributed by atoms with van der Waals surface area (Å²) in [5.41, 5.74) is 4.11. The van der Waals surface area contributed by atoms with Crippen LogP contribution in [0.3, 0.4) is 0 Å². The van der Waals surface area contributed by atoms with Crippen LogP contribution in [-0.2, 0) is 19.9 Å². The fourth-order valence-electron chi connectivity index (χ4n) is 5.18. The Hall–Kier alpha value is -2.37. The molecule has 2 unspecified atom stereocenters. The highest BCUT2D eigenvalue weighted by Gasteiger charge is 2.29. The number of nitrogens with zero attached hydrogens (tertiary/aromatic N) is 3. The van der Waals surface area contributed by atoms with E-state index >= 15 is 0 Å². The predicted octanol–water partition coefficient (Wildman–Crippen LogP) is 5.31. The van der Waals surface area contributed by atoms with E-state index in [1.807, 2.05) is 36.2 Å². The number of hydrogen-bond donors (Lipinski definition) is 0. The van der Waals surface area contributed by atoms with Crippen molar-refractivity contribution in [3.8, 4) is 0 Å². The van der Waals surface area contributed by atoms with E-state index < -0.39 is 0 Å². The summed E-state index contributed by atoms with van der Waals surface area (Å²) in [5, 5.41) is 1.65. The lowest BCUT2D eigenvalue weighted by atomic mass is 9.90. The Morgan fingerprint density at radius 3 is 2.52 bits per heavy atom. The normalized spacial score (nSPS) is 21.0. The number of rotatable bonds is 6. The zero-order valence-corrected chi connectivity index (χ0v) is 20.1. The van der Waals surface area contributed by atoms with E-state index in [4.69, 9.17) is 11.6 Å². The van der Waals surface area contributed by atoms with Gasteiger partial charge in [0.15, 0.2) is 0 Å². The van der Waals surface area contributed by atoms with E-state index in [-0.39, 0.29) is 11.7 Å². The van der Waals surface area contributed by atoms with Crippen molar-refractivity contribution in [1.29, 1.82) is 0 Å². The van der Waals surface area contributed by atoms with Gasteiger partial charge in [0.25, 0.3) is 5.91 Å². The van der Waals surface area contributed by atoms with Crippen molar-refractivity contribution >= 4 is 28.4 Å². The molecule has 2 aliphatic heterocycles. The summed E-state index contributed by atoms with van der Waals surface area (Å²) in [5.74, 6) is 0.337. The Morgan fingerprint density at radius 2 is 1.85 bits per heavy atom. The average molecular weight is 468 g/mol.